The summed E-state index contributed by atoms with van der Waals surface area (Å²) in [4.78, 5) is 33.3. The van der Waals surface area contributed by atoms with E-state index in [1.54, 1.807) is 18.2 Å². The molecular weight excluding hydrogens is 460 g/mol. The van der Waals surface area contributed by atoms with Crippen LogP contribution in [0.5, 0.6) is 0 Å². The maximum Gasteiger partial charge on any atom is 0.344 e. The van der Waals surface area contributed by atoms with Gasteiger partial charge in [-0.25, -0.2) is 9.59 Å². The van der Waals surface area contributed by atoms with E-state index >= 15 is 0 Å². The first-order valence-electron chi connectivity index (χ1n) is 10.8. The van der Waals surface area contributed by atoms with E-state index in [4.69, 9.17) is 5.73 Å². The van der Waals surface area contributed by atoms with Crippen LogP contribution in [0.2, 0.25) is 0 Å². The van der Waals surface area contributed by atoms with Crippen LogP contribution >= 0.6 is 0 Å². The van der Waals surface area contributed by atoms with Crippen molar-refractivity contribution in [2.75, 3.05) is 20.0 Å². The van der Waals surface area contributed by atoms with Gasteiger partial charge in [-0.2, -0.15) is 0 Å². The molecule has 4 aromatic carbocycles. The molecule has 0 aliphatic heterocycles. The number of nitrogens with two attached hydrogens (primary N) is 1. The highest BCUT2D eigenvalue weighted by Gasteiger charge is 2.21. The van der Waals surface area contributed by atoms with Crippen LogP contribution in [0.3, 0.4) is 0 Å². The SMILES string of the molecule is COC(=O)c1ccc(-c2ccccc2)cc1N.COC(=O)c1ccc(-c2ccccc2)cc1[N+](=O)[O-]. The fourth-order valence-electron chi connectivity index (χ4n) is 3.44. The topological polar surface area (TPSA) is 122 Å². The van der Waals surface area contributed by atoms with Gasteiger partial charge in [0, 0.05) is 11.8 Å². The minimum Gasteiger partial charge on any atom is -0.465 e. The summed E-state index contributed by atoms with van der Waals surface area (Å²) in [5.41, 5.74) is 9.93. The lowest BCUT2D eigenvalue weighted by atomic mass is 10.0. The molecule has 2 N–H and O–H groups in total. The highest BCUT2D eigenvalue weighted by atomic mass is 16.6. The summed E-state index contributed by atoms with van der Waals surface area (Å²) in [7, 11) is 2.53. The van der Waals surface area contributed by atoms with Gasteiger partial charge in [0.25, 0.3) is 5.69 Å². The number of hydrogen-bond acceptors (Lipinski definition) is 7. The number of esters is 2. The maximum absolute atomic E-state index is 11.5. The predicted molar refractivity (Wildman–Crippen MR) is 138 cm³/mol. The Kier molecular flexibility index (Phi) is 8.50. The van der Waals surface area contributed by atoms with E-state index in [1.807, 2.05) is 66.7 Å². The van der Waals surface area contributed by atoms with Crippen molar-refractivity contribution in [3.8, 4) is 22.3 Å². The van der Waals surface area contributed by atoms with E-state index in [9.17, 15) is 19.7 Å². The molecule has 0 aliphatic rings. The molecule has 0 saturated carbocycles. The Morgan fingerprint density at radius 3 is 1.56 bits per heavy atom. The number of nitro groups is 1. The van der Waals surface area contributed by atoms with Crippen LogP contribution in [0.15, 0.2) is 97.1 Å². The summed E-state index contributed by atoms with van der Waals surface area (Å²) < 4.78 is 9.17. The fraction of sp³-hybridized carbons (Fsp3) is 0.0714. The minimum atomic E-state index is -0.716. The molecule has 0 radical (unpaired) electrons. The second-order valence-corrected chi connectivity index (χ2v) is 7.51. The number of nitro benzene ring substituents is 1. The van der Waals surface area contributed by atoms with E-state index in [2.05, 4.69) is 9.47 Å². The van der Waals surface area contributed by atoms with Crippen molar-refractivity contribution in [2.24, 2.45) is 0 Å². The number of carbonyl (C=O) groups excluding carboxylic acids is 2. The second kappa shape index (κ2) is 11.9. The Morgan fingerprint density at radius 1 is 0.667 bits per heavy atom. The molecule has 4 rings (SSSR count). The zero-order valence-corrected chi connectivity index (χ0v) is 19.7. The Hall–Kier alpha value is -4.98. The number of ether oxygens (including phenoxy) is 2. The van der Waals surface area contributed by atoms with Gasteiger partial charge in [-0.05, 0) is 40.5 Å². The van der Waals surface area contributed by atoms with E-state index in [1.165, 1.54) is 26.4 Å². The molecule has 0 saturated heterocycles. The molecule has 182 valence electrons. The zero-order valence-electron chi connectivity index (χ0n) is 19.7. The van der Waals surface area contributed by atoms with E-state index in [-0.39, 0.29) is 11.3 Å². The lowest BCUT2D eigenvalue weighted by molar-refractivity contribution is -0.385. The first-order valence-corrected chi connectivity index (χ1v) is 10.8. The number of nitrogens with zero attached hydrogens (tertiary/aromatic N) is 1. The minimum absolute atomic E-state index is 0.0489. The summed E-state index contributed by atoms with van der Waals surface area (Å²) in [6.07, 6.45) is 0. The molecule has 0 bridgehead atoms. The molecule has 0 aliphatic carbocycles. The highest BCUT2D eigenvalue weighted by Crippen LogP contribution is 2.28. The third kappa shape index (κ3) is 6.12. The molecule has 0 spiro atoms. The Balaban J connectivity index is 0.000000202. The molecule has 36 heavy (non-hydrogen) atoms. The van der Waals surface area contributed by atoms with Crippen LogP contribution in [0.1, 0.15) is 20.7 Å². The van der Waals surface area contributed by atoms with Gasteiger partial charge in [0.05, 0.1) is 24.7 Å². The molecule has 8 heteroatoms. The van der Waals surface area contributed by atoms with Crippen molar-refractivity contribution >= 4 is 23.3 Å². The van der Waals surface area contributed by atoms with Gasteiger partial charge in [0.15, 0.2) is 0 Å². The molecule has 0 fully saturated rings. The van der Waals surface area contributed by atoms with Gasteiger partial charge in [0.1, 0.15) is 5.56 Å². The Morgan fingerprint density at radius 2 is 1.11 bits per heavy atom. The first-order chi connectivity index (χ1) is 17.3. The van der Waals surface area contributed by atoms with Crippen molar-refractivity contribution < 1.29 is 24.0 Å². The maximum atomic E-state index is 11.5. The lowest BCUT2D eigenvalue weighted by Crippen LogP contribution is -2.05. The molecule has 0 heterocycles. The summed E-state index contributed by atoms with van der Waals surface area (Å²) in [5, 5.41) is 11.0. The van der Waals surface area contributed by atoms with Crippen LogP contribution < -0.4 is 5.73 Å². The van der Waals surface area contributed by atoms with Gasteiger partial charge in [0.2, 0.25) is 0 Å². The number of carbonyl (C=O) groups is 2. The zero-order chi connectivity index (χ0) is 26.1. The molecule has 0 atom stereocenters. The van der Waals surface area contributed by atoms with Gasteiger partial charge in [-0.3, -0.25) is 10.1 Å². The van der Waals surface area contributed by atoms with Gasteiger partial charge in [-0.15, -0.1) is 0 Å². The second-order valence-electron chi connectivity index (χ2n) is 7.51. The third-order valence-electron chi connectivity index (χ3n) is 5.27. The lowest BCUT2D eigenvalue weighted by Gasteiger charge is -2.06. The van der Waals surface area contributed by atoms with E-state index in [0.29, 0.717) is 16.8 Å². The number of anilines is 1. The number of hydrogen-bond donors (Lipinski definition) is 1. The third-order valence-corrected chi connectivity index (χ3v) is 5.27. The van der Waals surface area contributed by atoms with Crippen molar-refractivity contribution in [1.29, 1.82) is 0 Å². The summed E-state index contributed by atoms with van der Waals surface area (Å²) >= 11 is 0. The largest absolute Gasteiger partial charge is 0.465 e. The highest BCUT2D eigenvalue weighted by molar-refractivity contribution is 5.96. The molecular formula is C28H24N2O6. The monoisotopic (exact) mass is 484 g/mol. The summed E-state index contributed by atoms with van der Waals surface area (Å²) in [6.45, 7) is 0. The van der Waals surface area contributed by atoms with Crippen molar-refractivity contribution in [2.45, 2.75) is 0 Å². The first kappa shape index (κ1) is 25.6. The van der Waals surface area contributed by atoms with E-state index in [0.717, 1.165) is 16.7 Å². The Bertz CT molecular complexity index is 1370. The molecule has 8 nitrogen and oxygen atoms in total. The smallest absolute Gasteiger partial charge is 0.344 e. The Labute approximate surface area is 208 Å². The van der Waals surface area contributed by atoms with Crippen LogP contribution in [-0.2, 0) is 9.47 Å². The van der Waals surface area contributed by atoms with E-state index < -0.39 is 16.9 Å². The predicted octanol–water partition coefficient (Wildman–Crippen LogP) is 5.77. The quantitative estimate of drug-likeness (QED) is 0.165. The number of rotatable bonds is 5. The summed E-state index contributed by atoms with van der Waals surface area (Å²) in [6, 6.07) is 28.9. The average molecular weight is 485 g/mol. The fourth-order valence-corrected chi connectivity index (χ4v) is 3.44. The normalized spacial score (nSPS) is 9.94. The molecule has 0 aromatic heterocycles. The summed E-state index contributed by atoms with van der Waals surface area (Å²) in [5.74, 6) is -1.13. The van der Waals surface area contributed by atoms with Crippen LogP contribution in [0.25, 0.3) is 22.3 Å². The van der Waals surface area contributed by atoms with Crippen LogP contribution in [-0.4, -0.2) is 31.1 Å². The van der Waals surface area contributed by atoms with Gasteiger partial charge in [-0.1, -0.05) is 72.8 Å². The molecule has 0 amide bonds. The van der Waals surface area contributed by atoms with Crippen molar-refractivity contribution in [3.63, 3.8) is 0 Å². The van der Waals surface area contributed by atoms with Crippen molar-refractivity contribution in [3.05, 3.63) is 118 Å². The molecule has 0 unspecified atom stereocenters. The van der Waals surface area contributed by atoms with Crippen molar-refractivity contribution in [1.82, 2.24) is 0 Å². The van der Waals surface area contributed by atoms with Crippen LogP contribution in [0, 0.1) is 10.1 Å². The number of methoxy groups -OCH3 is 2. The molecule has 4 aromatic rings. The van der Waals surface area contributed by atoms with Gasteiger partial charge >= 0.3 is 11.9 Å². The number of nitrogen functional groups attached to an aromatic ring is 1. The number of benzene rings is 4. The average Bonchev–Trinajstić information content (AvgIpc) is 2.93. The van der Waals surface area contributed by atoms with Gasteiger partial charge < -0.3 is 15.2 Å². The van der Waals surface area contributed by atoms with Crippen LogP contribution in [0.4, 0.5) is 11.4 Å². The standard InChI is InChI=1S/C14H11NO4.C14H13NO2/c1-19-14(16)12-8-7-11(9-13(12)15(17)18)10-5-3-2-4-6-10;1-17-14(16)12-8-7-11(9-13(12)15)10-5-3-2-4-6-10/h2-9H,1H3;2-9H,15H2,1H3.